The van der Waals surface area contributed by atoms with Crippen molar-refractivity contribution in [2.45, 2.75) is 58.6 Å². The molecule has 1 heterocycles. The van der Waals surface area contributed by atoms with E-state index >= 15 is 0 Å². The number of aromatic amines is 1. The van der Waals surface area contributed by atoms with Gasteiger partial charge in [0.05, 0.1) is 12.2 Å². The van der Waals surface area contributed by atoms with Crippen molar-refractivity contribution >= 4 is 6.09 Å². The van der Waals surface area contributed by atoms with Crippen LogP contribution in [0.1, 0.15) is 50.8 Å². The minimum absolute atomic E-state index is 0.391. The Kier molecular flexibility index (Phi) is 3.59. The zero-order valence-electron chi connectivity index (χ0n) is 11.3. The van der Waals surface area contributed by atoms with Crippen LogP contribution in [0.3, 0.4) is 0 Å². The smallest absolute Gasteiger partial charge is 0.408 e. The molecule has 0 spiro atoms. The number of aryl methyl sites for hydroxylation is 2. The first-order valence-corrected chi connectivity index (χ1v) is 6.47. The van der Waals surface area contributed by atoms with Crippen LogP contribution in [0.5, 0.6) is 0 Å². The molecule has 2 rings (SSSR count). The van der Waals surface area contributed by atoms with Gasteiger partial charge in [-0.2, -0.15) is 0 Å². The van der Waals surface area contributed by atoms with Gasteiger partial charge in [0, 0.05) is 5.69 Å². The number of carbonyl (C=O) groups is 1. The van der Waals surface area contributed by atoms with Crippen molar-refractivity contribution < 1.29 is 9.53 Å². The second-order valence-corrected chi connectivity index (χ2v) is 5.67. The van der Waals surface area contributed by atoms with Gasteiger partial charge in [-0.15, -0.1) is 0 Å². The Balaban J connectivity index is 1.87. The molecule has 5 heteroatoms. The molecule has 0 fully saturated rings. The van der Waals surface area contributed by atoms with E-state index in [9.17, 15) is 4.79 Å². The standard InChI is InChI=1S/C13H21N3O2/c1-13(2,3)18-12(17)14-8-11-15-9-6-4-5-7-10(9)16-11/h4-8H2,1-3H3,(H,14,17)(H,15,16). The molecule has 0 radical (unpaired) electrons. The van der Waals surface area contributed by atoms with E-state index in [1.165, 1.54) is 18.5 Å². The van der Waals surface area contributed by atoms with E-state index in [1.54, 1.807) is 0 Å². The molecule has 0 atom stereocenters. The molecule has 2 N–H and O–H groups in total. The summed E-state index contributed by atoms with van der Waals surface area (Å²) in [4.78, 5) is 19.3. The van der Waals surface area contributed by atoms with Gasteiger partial charge in [-0.05, 0) is 46.5 Å². The largest absolute Gasteiger partial charge is 0.444 e. The summed E-state index contributed by atoms with van der Waals surface area (Å²) in [5, 5.41) is 2.71. The van der Waals surface area contributed by atoms with Crippen molar-refractivity contribution in [1.82, 2.24) is 15.3 Å². The van der Waals surface area contributed by atoms with Gasteiger partial charge in [-0.25, -0.2) is 9.78 Å². The van der Waals surface area contributed by atoms with E-state index in [2.05, 4.69) is 15.3 Å². The van der Waals surface area contributed by atoms with Crippen LogP contribution < -0.4 is 5.32 Å². The van der Waals surface area contributed by atoms with Crippen LogP contribution in [0.15, 0.2) is 0 Å². The lowest BCUT2D eigenvalue weighted by Crippen LogP contribution is -2.32. The van der Waals surface area contributed by atoms with Crippen LogP contribution in [0.2, 0.25) is 0 Å². The molecule has 0 aromatic carbocycles. The fraction of sp³-hybridized carbons (Fsp3) is 0.692. The van der Waals surface area contributed by atoms with Gasteiger partial charge < -0.3 is 15.0 Å². The first-order valence-electron chi connectivity index (χ1n) is 6.47. The third-order valence-corrected chi connectivity index (χ3v) is 2.80. The molecule has 1 aromatic heterocycles. The third kappa shape index (κ3) is 3.48. The number of carbonyl (C=O) groups excluding carboxylic acids is 1. The number of ether oxygens (including phenoxy) is 1. The number of nitrogens with zero attached hydrogens (tertiary/aromatic N) is 1. The highest BCUT2D eigenvalue weighted by Gasteiger charge is 2.17. The number of imidazole rings is 1. The molecule has 1 aliphatic carbocycles. The molecule has 0 saturated carbocycles. The Bertz CT molecular complexity index is 408. The van der Waals surface area contributed by atoms with Crippen molar-refractivity contribution in [3.63, 3.8) is 0 Å². The number of alkyl carbamates (subject to hydrolysis) is 1. The van der Waals surface area contributed by atoms with E-state index in [-0.39, 0.29) is 0 Å². The molecule has 5 nitrogen and oxygen atoms in total. The molecule has 0 saturated heterocycles. The Morgan fingerprint density at radius 3 is 2.78 bits per heavy atom. The summed E-state index contributed by atoms with van der Waals surface area (Å²) in [6.07, 6.45) is 4.12. The topological polar surface area (TPSA) is 67.0 Å². The highest BCUT2D eigenvalue weighted by Crippen LogP contribution is 2.18. The SMILES string of the molecule is CC(C)(C)OC(=O)NCc1nc2c([nH]1)CCCC2. The molecule has 1 aromatic rings. The number of H-pyrrole nitrogens is 1. The van der Waals surface area contributed by atoms with Crippen molar-refractivity contribution in [3.05, 3.63) is 17.2 Å². The van der Waals surface area contributed by atoms with Crippen LogP contribution >= 0.6 is 0 Å². The average molecular weight is 251 g/mol. The number of amides is 1. The maximum atomic E-state index is 11.5. The van der Waals surface area contributed by atoms with Gasteiger partial charge in [0.2, 0.25) is 0 Å². The van der Waals surface area contributed by atoms with Gasteiger partial charge in [-0.3, -0.25) is 0 Å². The van der Waals surface area contributed by atoms with E-state index < -0.39 is 11.7 Å². The summed E-state index contributed by atoms with van der Waals surface area (Å²) in [7, 11) is 0. The highest BCUT2D eigenvalue weighted by atomic mass is 16.6. The summed E-state index contributed by atoms with van der Waals surface area (Å²) in [5.41, 5.74) is 1.91. The summed E-state index contributed by atoms with van der Waals surface area (Å²) >= 11 is 0. The average Bonchev–Trinajstić information content (AvgIpc) is 2.66. The van der Waals surface area contributed by atoms with Gasteiger partial charge in [0.1, 0.15) is 11.4 Å². The molecule has 0 aliphatic heterocycles. The molecule has 18 heavy (non-hydrogen) atoms. The lowest BCUT2D eigenvalue weighted by molar-refractivity contribution is 0.0522. The summed E-state index contributed by atoms with van der Waals surface area (Å²) in [5.74, 6) is 0.813. The summed E-state index contributed by atoms with van der Waals surface area (Å²) in [6, 6.07) is 0. The number of fused-ring (bicyclic) bond motifs is 1. The van der Waals surface area contributed by atoms with Crippen molar-refractivity contribution in [2.75, 3.05) is 0 Å². The second-order valence-electron chi connectivity index (χ2n) is 5.67. The number of hydrogen-bond donors (Lipinski definition) is 2. The predicted molar refractivity (Wildman–Crippen MR) is 68.3 cm³/mol. The normalized spacial score (nSPS) is 15.1. The zero-order chi connectivity index (χ0) is 13.2. The Morgan fingerprint density at radius 1 is 1.39 bits per heavy atom. The van der Waals surface area contributed by atoms with Gasteiger partial charge in [-0.1, -0.05) is 0 Å². The molecule has 0 bridgehead atoms. The lowest BCUT2D eigenvalue weighted by Gasteiger charge is -2.19. The van der Waals surface area contributed by atoms with Crippen LogP contribution in [0, 0.1) is 0 Å². The summed E-state index contributed by atoms with van der Waals surface area (Å²) < 4.78 is 5.17. The number of aromatic nitrogens is 2. The number of rotatable bonds is 2. The van der Waals surface area contributed by atoms with Crippen LogP contribution in [0.4, 0.5) is 4.79 Å². The lowest BCUT2D eigenvalue weighted by atomic mass is 10.0. The summed E-state index contributed by atoms with van der Waals surface area (Å²) in [6.45, 7) is 5.93. The van der Waals surface area contributed by atoms with E-state index in [1.807, 2.05) is 20.8 Å². The second kappa shape index (κ2) is 5.00. The third-order valence-electron chi connectivity index (χ3n) is 2.80. The first-order chi connectivity index (χ1) is 8.44. The van der Waals surface area contributed by atoms with Crippen molar-refractivity contribution in [2.24, 2.45) is 0 Å². The van der Waals surface area contributed by atoms with Gasteiger partial charge >= 0.3 is 6.09 Å². The van der Waals surface area contributed by atoms with E-state index in [0.29, 0.717) is 6.54 Å². The Morgan fingerprint density at radius 2 is 2.11 bits per heavy atom. The fourth-order valence-corrected chi connectivity index (χ4v) is 2.07. The molecular weight excluding hydrogens is 230 g/mol. The minimum atomic E-state index is -0.466. The molecule has 100 valence electrons. The predicted octanol–water partition coefficient (Wildman–Crippen LogP) is 2.31. The molecule has 1 amide bonds. The maximum Gasteiger partial charge on any atom is 0.408 e. The molecular formula is C13H21N3O2. The monoisotopic (exact) mass is 251 g/mol. The Labute approximate surface area is 107 Å². The van der Waals surface area contributed by atoms with E-state index in [4.69, 9.17) is 4.74 Å². The minimum Gasteiger partial charge on any atom is -0.444 e. The maximum absolute atomic E-state index is 11.5. The zero-order valence-corrected chi connectivity index (χ0v) is 11.3. The number of nitrogens with one attached hydrogen (secondary N) is 2. The van der Waals surface area contributed by atoms with E-state index in [0.717, 1.165) is 24.4 Å². The number of hydrogen-bond acceptors (Lipinski definition) is 3. The van der Waals surface area contributed by atoms with Gasteiger partial charge in [0.25, 0.3) is 0 Å². The Hall–Kier alpha value is -1.52. The van der Waals surface area contributed by atoms with Crippen LogP contribution in [-0.2, 0) is 24.1 Å². The first kappa shape index (κ1) is 12.9. The molecule has 1 aliphatic rings. The van der Waals surface area contributed by atoms with Crippen molar-refractivity contribution in [1.29, 1.82) is 0 Å². The highest BCUT2D eigenvalue weighted by molar-refractivity contribution is 5.67. The van der Waals surface area contributed by atoms with Crippen molar-refractivity contribution in [3.8, 4) is 0 Å². The van der Waals surface area contributed by atoms with Crippen LogP contribution in [0.25, 0.3) is 0 Å². The molecule has 0 unspecified atom stereocenters. The van der Waals surface area contributed by atoms with Crippen LogP contribution in [-0.4, -0.2) is 21.7 Å². The fourth-order valence-electron chi connectivity index (χ4n) is 2.07. The van der Waals surface area contributed by atoms with Gasteiger partial charge in [0.15, 0.2) is 0 Å². The quantitative estimate of drug-likeness (QED) is 0.847.